The van der Waals surface area contributed by atoms with E-state index in [1.165, 1.54) is 6.26 Å². The van der Waals surface area contributed by atoms with Gasteiger partial charge in [-0.2, -0.15) is 0 Å². The predicted octanol–water partition coefficient (Wildman–Crippen LogP) is 1.38. The third kappa shape index (κ3) is 2.61. The second kappa shape index (κ2) is 5.55. The van der Waals surface area contributed by atoms with E-state index >= 15 is 0 Å². The number of carbonyl (C=O) groups excluding carboxylic acids is 1. The standard InChI is InChI=1S/C15H18N4O2/c1-18(2)14-11-5-7-19(8-6-12(11)16-10-17-14)15(20)13-4-3-9-21-13/h3-4,9-10H,5-8H2,1-2H3. The van der Waals surface area contributed by atoms with Gasteiger partial charge in [0.05, 0.1) is 12.0 Å². The van der Waals surface area contributed by atoms with Crippen molar-refractivity contribution in [2.24, 2.45) is 0 Å². The zero-order valence-corrected chi connectivity index (χ0v) is 12.2. The van der Waals surface area contributed by atoms with E-state index < -0.39 is 0 Å². The summed E-state index contributed by atoms with van der Waals surface area (Å²) < 4.78 is 5.20. The van der Waals surface area contributed by atoms with Crippen molar-refractivity contribution >= 4 is 11.7 Å². The van der Waals surface area contributed by atoms with Crippen LogP contribution in [0, 0.1) is 0 Å². The van der Waals surface area contributed by atoms with Gasteiger partial charge in [-0.3, -0.25) is 4.79 Å². The molecule has 6 heteroatoms. The average Bonchev–Trinajstić information content (AvgIpc) is 2.92. The highest BCUT2D eigenvalue weighted by Gasteiger charge is 2.24. The van der Waals surface area contributed by atoms with Crippen LogP contribution in [0.4, 0.5) is 5.82 Å². The third-order valence-corrected chi connectivity index (χ3v) is 3.70. The summed E-state index contributed by atoms with van der Waals surface area (Å²) in [5.41, 5.74) is 2.17. The Labute approximate surface area is 123 Å². The van der Waals surface area contributed by atoms with Gasteiger partial charge >= 0.3 is 0 Å². The molecule has 0 atom stereocenters. The van der Waals surface area contributed by atoms with Crippen LogP contribution in [0.25, 0.3) is 0 Å². The van der Waals surface area contributed by atoms with Crippen LogP contribution in [0.15, 0.2) is 29.1 Å². The zero-order chi connectivity index (χ0) is 14.8. The molecule has 0 N–H and O–H groups in total. The van der Waals surface area contributed by atoms with E-state index in [0.29, 0.717) is 18.8 Å². The highest BCUT2D eigenvalue weighted by molar-refractivity contribution is 5.91. The van der Waals surface area contributed by atoms with Crippen molar-refractivity contribution in [3.8, 4) is 0 Å². The molecule has 1 amide bonds. The minimum absolute atomic E-state index is 0.0628. The number of nitrogens with zero attached hydrogens (tertiary/aromatic N) is 4. The van der Waals surface area contributed by atoms with Crippen molar-refractivity contribution in [1.29, 1.82) is 0 Å². The Morgan fingerprint density at radius 3 is 2.81 bits per heavy atom. The fourth-order valence-electron chi connectivity index (χ4n) is 2.65. The van der Waals surface area contributed by atoms with Gasteiger partial charge in [-0.05, 0) is 18.6 Å². The van der Waals surface area contributed by atoms with E-state index in [9.17, 15) is 4.79 Å². The maximum absolute atomic E-state index is 12.4. The maximum Gasteiger partial charge on any atom is 0.289 e. The molecule has 3 heterocycles. The summed E-state index contributed by atoms with van der Waals surface area (Å²) >= 11 is 0. The van der Waals surface area contributed by atoms with Crippen LogP contribution in [0.2, 0.25) is 0 Å². The summed E-state index contributed by atoms with van der Waals surface area (Å²) in [7, 11) is 3.94. The van der Waals surface area contributed by atoms with E-state index in [0.717, 1.165) is 29.9 Å². The molecule has 0 bridgehead atoms. The van der Waals surface area contributed by atoms with Gasteiger partial charge in [0.2, 0.25) is 0 Å². The lowest BCUT2D eigenvalue weighted by Crippen LogP contribution is -2.33. The predicted molar refractivity (Wildman–Crippen MR) is 78.4 cm³/mol. The van der Waals surface area contributed by atoms with Crippen LogP contribution in [0.5, 0.6) is 0 Å². The molecule has 0 saturated heterocycles. The van der Waals surface area contributed by atoms with E-state index in [-0.39, 0.29) is 5.91 Å². The molecule has 0 spiro atoms. The van der Waals surface area contributed by atoms with E-state index in [1.807, 2.05) is 23.9 Å². The maximum atomic E-state index is 12.4. The van der Waals surface area contributed by atoms with Crippen molar-refractivity contribution in [3.63, 3.8) is 0 Å². The lowest BCUT2D eigenvalue weighted by atomic mass is 10.1. The minimum atomic E-state index is -0.0628. The first-order valence-electron chi connectivity index (χ1n) is 6.99. The van der Waals surface area contributed by atoms with Crippen molar-refractivity contribution in [2.45, 2.75) is 12.8 Å². The summed E-state index contributed by atoms with van der Waals surface area (Å²) in [5.74, 6) is 1.26. The number of aromatic nitrogens is 2. The number of fused-ring (bicyclic) bond motifs is 1. The smallest absolute Gasteiger partial charge is 0.289 e. The molecule has 6 nitrogen and oxygen atoms in total. The molecule has 1 aliphatic heterocycles. The lowest BCUT2D eigenvalue weighted by molar-refractivity contribution is 0.0731. The van der Waals surface area contributed by atoms with E-state index in [4.69, 9.17) is 4.42 Å². The van der Waals surface area contributed by atoms with Gasteiger partial charge in [-0.15, -0.1) is 0 Å². The Morgan fingerprint density at radius 1 is 1.29 bits per heavy atom. The first-order valence-corrected chi connectivity index (χ1v) is 6.99. The molecule has 2 aromatic heterocycles. The fraction of sp³-hybridized carbons (Fsp3) is 0.400. The molecule has 0 aliphatic carbocycles. The molecule has 1 aliphatic rings. The molecule has 0 unspecified atom stereocenters. The summed E-state index contributed by atoms with van der Waals surface area (Å²) in [5, 5.41) is 0. The summed E-state index contributed by atoms with van der Waals surface area (Å²) in [6.45, 7) is 1.30. The molecule has 2 aromatic rings. The number of amides is 1. The molecule has 21 heavy (non-hydrogen) atoms. The molecule has 0 saturated carbocycles. The van der Waals surface area contributed by atoms with Gasteiger partial charge in [-0.25, -0.2) is 9.97 Å². The molecule has 110 valence electrons. The number of hydrogen-bond acceptors (Lipinski definition) is 5. The molecular weight excluding hydrogens is 268 g/mol. The van der Waals surface area contributed by atoms with Crippen molar-refractivity contribution in [3.05, 3.63) is 41.7 Å². The molecule has 0 aromatic carbocycles. The SMILES string of the molecule is CN(C)c1ncnc2c1CCN(C(=O)c1ccco1)CC2. The van der Waals surface area contributed by atoms with Crippen molar-refractivity contribution < 1.29 is 9.21 Å². The molecule has 0 radical (unpaired) electrons. The van der Waals surface area contributed by atoms with Crippen LogP contribution in [0.1, 0.15) is 21.8 Å². The second-order valence-electron chi connectivity index (χ2n) is 5.29. The largest absolute Gasteiger partial charge is 0.459 e. The van der Waals surface area contributed by atoms with Crippen molar-refractivity contribution in [1.82, 2.24) is 14.9 Å². The molecule has 3 rings (SSSR count). The Hall–Kier alpha value is -2.37. The van der Waals surface area contributed by atoms with Gasteiger partial charge in [0.25, 0.3) is 5.91 Å². The Morgan fingerprint density at radius 2 is 2.10 bits per heavy atom. The Bertz CT molecular complexity index is 637. The first-order chi connectivity index (χ1) is 10.2. The van der Waals surface area contributed by atoms with Crippen molar-refractivity contribution in [2.75, 3.05) is 32.1 Å². The highest BCUT2D eigenvalue weighted by atomic mass is 16.3. The van der Waals surface area contributed by atoms with Crippen LogP contribution >= 0.6 is 0 Å². The van der Waals surface area contributed by atoms with Gasteiger partial charge < -0.3 is 14.2 Å². The summed E-state index contributed by atoms with van der Waals surface area (Å²) in [4.78, 5) is 24.9. The van der Waals surface area contributed by atoms with Crippen LogP contribution < -0.4 is 4.90 Å². The average molecular weight is 286 g/mol. The summed E-state index contributed by atoms with van der Waals surface area (Å²) in [6, 6.07) is 3.43. The van der Waals surface area contributed by atoms with E-state index in [1.54, 1.807) is 18.5 Å². The minimum Gasteiger partial charge on any atom is -0.459 e. The van der Waals surface area contributed by atoms with Gasteiger partial charge in [0.1, 0.15) is 12.1 Å². The Kier molecular flexibility index (Phi) is 3.60. The molecule has 0 fully saturated rings. The number of furan rings is 1. The Balaban J connectivity index is 1.83. The lowest BCUT2D eigenvalue weighted by Gasteiger charge is -2.19. The monoisotopic (exact) mass is 286 g/mol. The number of rotatable bonds is 2. The highest BCUT2D eigenvalue weighted by Crippen LogP contribution is 2.22. The van der Waals surface area contributed by atoms with Crippen LogP contribution in [0.3, 0.4) is 0 Å². The first kappa shape index (κ1) is 13.6. The van der Waals surface area contributed by atoms with Gasteiger partial charge in [0, 0.05) is 39.2 Å². The number of hydrogen-bond donors (Lipinski definition) is 0. The fourth-order valence-corrected chi connectivity index (χ4v) is 2.65. The normalized spacial score (nSPS) is 14.5. The van der Waals surface area contributed by atoms with Gasteiger partial charge in [-0.1, -0.05) is 0 Å². The quantitative estimate of drug-likeness (QED) is 0.834. The molecular formula is C15H18N4O2. The summed E-state index contributed by atoms with van der Waals surface area (Å²) in [6.07, 6.45) is 4.62. The zero-order valence-electron chi connectivity index (χ0n) is 12.2. The topological polar surface area (TPSA) is 62.5 Å². The third-order valence-electron chi connectivity index (χ3n) is 3.70. The number of anilines is 1. The van der Waals surface area contributed by atoms with Gasteiger partial charge in [0.15, 0.2) is 5.76 Å². The van der Waals surface area contributed by atoms with E-state index in [2.05, 4.69) is 9.97 Å². The number of carbonyl (C=O) groups is 1. The van der Waals surface area contributed by atoms with Crippen LogP contribution in [-0.4, -0.2) is 48.0 Å². The van der Waals surface area contributed by atoms with Crippen LogP contribution in [-0.2, 0) is 12.8 Å². The second-order valence-corrected chi connectivity index (χ2v) is 5.29.